The number of phenolic OH excluding ortho intramolecular Hbond substituents is 1. The summed E-state index contributed by atoms with van der Waals surface area (Å²) in [5.74, 6) is 0.972. The van der Waals surface area contributed by atoms with Crippen molar-refractivity contribution in [2.24, 2.45) is 0 Å². The lowest BCUT2D eigenvalue weighted by Gasteiger charge is -2.06. The van der Waals surface area contributed by atoms with E-state index in [0.29, 0.717) is 16.5 Å². The van der Waals surface area contributed by atoms with Crippen LogP contribution in [0.5, 0.6) is 5.75 Å². The van der Waals surface area contributed by atoms with E-state index in [1.807, 2.05) is 0 Å². The van der Waals surface area contributed by atoms with Crippen LogP contribution in [-0.2, 0) is 12.8 Å². The number of rotatable bonds is 0. The lowest BCUT2D eigenvalue weighted by atomic mass is 10.1. The number of benzene rings is 1. The van der Waals surface area contributed by atoms with Crippen LogP contribution in [0.25, 0.3) is 11.0 Å². The first-order valence-corrected chi connectivity index (χ1v) is 5.45. The van der Waals surface area contributed by atoms with E-state index in [1.54, 1.807) is 19.1 Å². The van der Waals surface area contributed by atoms with Gasteiger partial charge < -0.3 is 9.52 Å². The molecule has 0 fully saturated rings. The van der Waals surface area contributed by atoms with Crippen LogP contribution in [0.1, 0.15) is 23.3 Å². The minimum atomic E-state index is 0.0665. The summed E-state index contributed by atoms with van der Waals surface area (Å²) in [6, 6.07) is 3.19. The third kappa shape index (κ3) is 1.11. The molecule has 0 saturated heterocycles. The van der Waals surface area contributed by atoms with Crippen molar-refractivity contribution in [2.75, 3.05) is 0 Å². The molecule has 0 spiro atoms. The molecule has 0 atom stereocenters. The van der Waals surface area contributed by atoms with E-state index >= 15 is 0 Å². The van der Waals surface area contributed by atoms with Crippen LogP contribution in [0.2, 0.25) is 0 Å². The summed E-state index contributed by atoms with van der Waals surface area (Å²) in [5, 5.41) is 10.2. The number of hydrogen-bond acceptors (Lipinski definition) is 3. The predicted molar refractivity (Wildman–Crippen MR) is 60.9 cm³/mol. The Balaban J connectivity index is 2.51. The van der Waals surface area contributed by atoms with Crippen molar-refractivity contribution in [1.29, 1.82) is 0 Å². The second-order valence-electron chi connectivity index (χ2n) is 4.27. The molecule has 1 aromatic heterocycles. The predicted octanol–water partition coefficient (Wildman–Crippen LogP) is 2.30. The highest BCUT2D eigenvalue weighted by Crippen LogP contribution is 2.29. The Hall–Kier alpha value is -1.77. The largest absolute Gasteiger partial charge is 0.508 e. The zero-order valence-electron chi connectivity index (χ0n) is 9.04. The number of aromatic hydroxyl groups is 1. The van der Waals surface area contributed by atoms with Gasteiger partial charge in [-0.3, -0.25) is 4.79 Å². The zero-order chi connectivity index (χ0) is 11.3. The van der Waals surface area contributed by atoms with Crippen LogP contribution in [-0.4, -0.2) is 5.11 Å². The molecule has 0 unspecified atom stereocenters. The highest BCUT2D eigenvalue weighted by Gasteiger charge is 2.20. The molecule has 82 valence electrons. The standard InChI is InChI=1S/C13H12O3/c1-7-10(14)6-5-9-12(15)8-3-2-4-11(8)16-13(7)9/h5-6,14H,2-4H2,1H3. The molecule has 2 aromatic rings. The first-order chi connectivity index (χ1) is 7.68. The lowest BCUT2D eigenvalue weighted by molar-refractivity contribution is 0.468. The van der Waals surface area contributed by atoms with Crippen molar-refractivity contribution in [3.8, 4) is 5.75 Å². The SMILES string of the molecule is Cc1c(O)ccc2c(=O)c3c(oc12)CCC3. The minimum absolute atomic E-state index is 0.0665. The van der Waals surface area contributed by atoms with E-state index in [2.05, 4.69) is 0 Å². The van der Waals surface area contributed by atoms with Gasteiger partial charge in [-0.2, -0.15) is 0 Å². The Morgan fingerprint density at radius 1 is 1.31 bits per heavy atom. The summed E-state index contributed by atoms with van der Waals surface area (Å²) in [6.45, 7) is 1.77. The molecule has 16 heavy (non-hydrogen) atoms. The fourth-order valence-corrected chi connectivity index (χ4v) is 2.35. The Morgan fingerprint density at radius 2 is 2.12 bits per heavy atom. The van der Waals surface area contributed by atoms with Crippen LogP contribution < -0.4 is 5.43 Å². The number of aryl methyl sites for hydroxylation is 2. The van der Waals surface area contributed by atoms with Crippen LogP contribution in [0.3, 0.4) is 0 Å². The van der Waals surface area contributed by atoms with Crippen LogP contribution in [0.15, 0.2) is 21.3 Å². The lowest BCUT2D eigenvalue weighted by Crippen LogP contribution is -2.08. The summed E-state index contributed by atoms with van der Waals surface area (Å²) >= 11 is 0. The molecule has 1 aliphatic rings. The topological polar surface area (TPSA) is 50.4 Å². The van der Waals surface area contributed by atoms with Gasteiger partial charge in [0.05, 0.1) is 5.39 Å². The van der Waals surface area contributed by atoms with Crippen molar-refractivity contribution in [2.45, 2.75) is 26.2 Å². The average Bonchev–Trinajstić information content (AvgIpc) is 2.73. The second kappa shape index (κ2) is 3.11. The zero-order valence-corrected chi connectivity index (χ0v) is 9.04. The molecular formula is C13H12O3. The van der Waals surface area contributed by atoms with Crippen LogP contribution in [0.4, 0.5) is 0 Å². The molecule has 1 heterocycles. The summed E-state index contributed by atoms with van der Waals surface area (Å²) in [6.07, 6.45) is 2.62. The molecule has 1 aromatic carbocycles. The van der Waals surface area contributed by atoms with E-state index in [0.717, 1.165) is 30.6 Å². The fraction of sp³-hybridized carbons (Fsp3) is 0.308. The Bertz CT molecular complexity index is 638. The maximum atomic E-state index is 12.1. The number of phenols is 1. The van der Waals surface area contributed by atoms with Gasteiger partial charge in [0.1, 0.15) is 17.1 Å². The highest BCUT2D eigenvalue weighted by molar-refractivity contribution is 5.82. The van der Waals surface area contributed by atoms with E-state index in [9.17, 15) is 9.90 Å². The normalized spacial score (nSPS) is 14.3. The van der Waals surface area contributed by atoms with E-state index < -0.39 is 0 Å². The van der Waals surface area contributed by atoms with Gasteiger partial charge in [0, 0.05) is 17.5 Å². The number of hydrogen-bond donors (Lipinski definition) is 1. The van der Waals surface area contributed by atoms with Gasteiger partial charge in [-0.1, -0.05) is 0 Å². The summed E-state index contributed by atoms with van der Waals surface area (Å²) in [7, 11) is 0. The summed E-state index contributed by atoms with van der Waals surface area (Å²) in [4.78, 5) is 12.1. The van der Waals surface area contributed by atoms with E-state index in [1.165, 1.54) is 0 Å². The molecule has 3 heteroatoms. The molecule has 0 radical (unpaired) electrons. The monoisotopic (exact) mass is 216 g/mol. The third-order valence-electron chi connectivity index (χ3n) is 3.29. The van der Waals surface area contributed by atoms with Gasteiger partial charge in [0.2, 0.25) is 0 Å². The molecule has 1 N–H and O–H groups in total. The van der Waals surface area contributed by atoms with Gasteiger partial charge in [-0.15, -0.1) is 0 Å². The molecular weight excluding hydrogens is 204 g/mol. The molecule has 3 nitrogen and oxygen atoms in total. The summed E-state index contributed by atoms with van der Waals surface area (Å²) < 4.78 is 5.74. The van der Waals surface area contributed by atoms with Crippen molar-refractivity contribution >= 4 is 11.0 Å². The molecule has 0 aliphatic heterocycles. The Labute approximate surface area is 92.3 Å². The van der Waals surface area contributed by atoms with Crippen LogP contribution in [0, 0.1) is 6.92 Å². The Kier molecular flexibility index (Phi) is 1.84. The first kappa shape index (κ1) is 9.46. The smallest absolute Gasteiger partial charge is 0.196 e. The van der Waals surface area contributed by atoms with E-state index in [4.69, 9.17) is 4.42 Å². The fourth-order valence-electron chi connectivity index (χ4n) is 2.35. The molecule has 0 amide bonds. The van der Waals surface area contributed by atoms with Crippen molar-refractivity contribution in [3.05, 3.63) is 39.2 Å². The number of fused-ring (bicyclic) bond motifs is 2. The highest BCUT2D eigenvalue weighted by atomic mass is 16.3. The van der Waals surface area contributed by atoms with Crippen molar-refractivity contribution < 1.29 is 9.52 Å². The quantitative estimate of drug-likeness (QED) is 0.735. The van der Waals surface area contributed by atoms with Gasteiger partial charge in [-0.25, -0.2) is 0 Å². The molecule has 3 rings (SSSR count). The van der Waals surface area contributed by atoms with Gasteiger partial charge in [0.15, 0.2) is 5.43 Å². The first-order valence-electron chi connectivity index (χ1n) is 5.45. The average molecular weight is 216 g/mol. The second-order valence-corrected chi connectivity index (χ2v) is 4.27. The van der Waals surface area contributed by atoms with Crippen molar-refractivity contribution in [1.82, 2.24) is 0 Å². The van der Waals surface area contributed by atoms with Gasteiger partial charge in [0.25, 0.3) is 0 Å². The van der Waals surface area contributed by atoms with Gasteiger partial charge >= 0.3 is 0 Å². The van der Waals surface area contributed by atoms with Crippen LogP contribution >= 0.6 is 0 Å². The maximum Gasteiger partial charge on any atom is 0.196 e. The Morgan fingerprint density at radius 3 is 2.94 bits per heavy atom. The van der Waals surface area contributed by atoms with Crippen molar-refractivity contribution in [3.63, 3.8) is 0 Å². The molecule has 0 saturated carbocycles. The summed E-state index contributed by atoms with van der Waals surface area (Å²) in [5.41, 5.74) is 2.06. The minimum Gasteiger partial charge on any atom is -0.508 e. The maximum absolute atomic E-state index is 12.1. The van der Waals surface area contributed by atoms with E-state index in [-0.39, 0.29) is 11.2 Å². The third-order valence-corrected chi connectivity index (χ3v) is 3.29. The molecule has 1 aliphatic carbocycles. The molecule has 0 bridgehead atoms. The van der Waals surface area contributed by atoms with Gasteiger partial charge in [-0.05, 0) is 31.9 Å².